The third-order valence-electron chi connectivity index (χ3n) is 9.92. The monoisotopic (exact) mass is 631 g/mol. The number of pyridine rings is 1. The van der Waals surface area contributed by atoms with Crippen molar-refractivity contribution in [2.24, 2.45) is 0 Å². The molecule has 8 rings (SSSR count). The summed E-state index contributed by atoms with van der Waals surface area (Å²) >= 11 is 0. The number of anilines is 1. The summed E-state index contributed by atoms with van der Waals surface area (Å²) in [6.45, 7) is 4.55. The van der Waals surface area contributed by atoms with E-state index in [1.165, 1.54) is 24.3 Å². The molecular weight excluding hydrogens is 599 g/mol. The first-order valence-corrected chi connectivity index (χ1v) is 15.6. The quantitative estimate of drug-likeness (QED) is 0.308. The number of hydrogen-bond donors (Lipinski definition) is 1. The molecule has 12 heteroatoms. The molecule has 0 radical (unpaired) electrons. The fraction of sp³-hybridized carbons (Fsp3) is 0.441. The second-order valence-corrected chi connectivity index (χ2v) is 12.7. The van der Waals surface area contributed by atoms with Crippen molar-refractivity contribution in [1.29, 1.82) is 0 Å². The molecule has 4 aliphatic rings. The molecule has 9 nitrogen and oxygen atoms in total. The number of ether oxygens (including phenoxy) is 3. The van der Waals surface area contributed by atoms with Crippen LogP contribution in [0.15, 0.2) is 24.3 Å². The Kier molecular flexibility index (Phi) is 6.88. The van der Waals surface area contributed by atoms with Gasteiger partial charge in [0.05, 0.1) is 23.2 Å². The number of fused-ring (bicyclic) bond motifs is 4. The molecule has 3 fully saturated rings. The van der Waals surface area contributed by atoms with Gasteiger partial charge in [-0.1, -0.05) is 12.0 Å². The highest BCUT2D eigenvalue weighted by atomic mass is 19.1. The number of benzene rings is 2. The van der Waals surface area contributed by atoms with Crippen molar-refractivity contribution in [3.63, 3.8) is 0 Å². The number of phenolic OH excluding ortho intramolecular Hbond substituents is 1. The lowest BCUT2D eigenvalue weighted by atomic mass is 9.95. The van der Waals surface area contributed by atoms with Crippen molar-refractivity contribution in [2.75, 3.05) is 44.4 Å². The van der Waals surface area contributed by atoms with Gasteiger partial charge in [0.25, 0.3) is 0 Å². The van der Waals surface area contributed by atoms with E-state index in [0.29, 0.717) is 43.7 Å². The average Bonchev–Trinajstić information content (AvgIpc) is 3.43. The van der Waals surface area contributed by atoms with E-state index in [2.05, 4.69) is 20.8 Å². The summed E-state index contributed by atoms with van der Waals surface area (Å²) in [7, 11) is 0. The molecule has 4 atom stereocenters. The van der Waals surface area contributed by atoms with Gasteiger partial charge in [-0.05, 0) is 56.3 Å². The number of aromatic nitrogens is 3. The highest BCUT2D eigenvalue weighted by molar-refractivity contribution is 6.04. The summed E-state index contributed by atoms with van der Waals surface area (Å²) in [5.74, 6) is 1.17. The van der Waals surface area contributed by atoms with Crippen molar-refractivity contribution in [3.8, 4) is 41.2 Å². The number of alkyl halides is 1. The van der Waals surface area contributed by atoms with E-state index in [1.54, 1.807) is 0 Å². The van der Waals surface area contributed by atoms with E-state index >= 15 is 4.39 Å². The highest BCUT2D eigenvalue weighted by Crippen LogP contribution is 2.45. The summed E-state index contributed by atoms with van der Waals surface area (Å²) in [6.07, 6.45) is 7.32. The number of halogens is 3. The fourth-order valence-electron chi connectivity index (χ4n) is 7.75. The van der Waals surface area contributed by atoms with Crippen molar-refractivity contribution in [3.05, 3.63) is 41.5 Å². The van der Waals surface area contributed by atoms with Crippen LogP contribution >= 0.6 is 0 Å². The molecule has 0 bridgehead atoms. The molecule has 0 spiro atoms. The van der Waals surface area contributed by atoms with Gasteiger partial charge in [0, 0.05) is 37.1 Å². The van der Waals surface area contributed by atoms with Crippen molar-refractivity contribution in [1.82, 2.24) is 19.9 Å². The number of hydrogen-bond acceptors (Lipinski definition) is 9. The first-order valence-electron chi connectivity index (χ1n) is 15.6. The summed E-state index contributed by atoms with van der Waals surface area (Å²) in [5.41, 5.74) is -0.801. The van der Waals surface area contributed by atoms with Gasteiger partial charge in [0.2, 0.25) is 5.88 Å². The number of rotatable bonds is 4. The molecule has 0 amide bonds. The molecule has 46 heavy (non-hydrogen) atoms. The lowest BCUT2D eigenvalue weighted by Gasteiger charge is -2.32. The maximum atomic E-state index is 17.0. The fourth-order valence-corrected chi connectivity index (χ4v) is 7.75. The van der Waals surface area contributed by atoms with Gasteiger partial charge in [-0.3, -0.25) is 4.90 Å². The molecule has 0 saturated carbocycles. The lowest BCUT2D eigenvalue weighted by Crippen LogP contribution is -2.46. The molecule has 4 aromatic rings. The number of nitrogens with zero attached hydrogens (tertiary/aromatic N) is 5. The van der Waals surface area contributed by atoms with Gasteiger partial charge in [-0.15, -0.1) is 6.42 Å². The normalized spacial score (nSPS) is 25.9. The Hall–Kier alpha value is -4.34. The molecule has 1 N–H and O–H groups in total. The van der Waals surface area contributed by atoms with Crippen LogP contribution in [0, 0.1) is 24.0 Å². The van der Waals surface area contributed by atoms with E-state index in [4.69, 9.17) is 25.6 Å². The smallest absolute Gasteiger partial charge is 0.319 e. The predicted molar refractivity (Wildman–Crippen MR) is 165 cm³/mol. The number of terminal acetylenes is 1. The minimum Gasteiger partial charge on any atom is -0.508 e. The Morgan fingerprint density at radius 2 is 2.02 bits per heavy atom. The summed E-state index contributed by atoms with van der Waals surface area (Å²) in [6, 6.07) is 5.06. The van der Waals surface area contributed by atoms with Crippen LogP contribution in [0.25, 0.3) is 32.9 Å². The number of aromatic hydroxyl groups is 1. The van der Waals surface area contributed by atoms with Crippen molar-refractivity contribution in [2.45, 2.75) is 56.5 Å². The first kappa shape index (κ1) is 29.1. The van der Waals surface area contributed by atoms with E-state index in [0.717, 1.165) is 19.4 Å². The third-order valence-corrected chi connectivity index (χ3v) is 9.92. The van der Waals surface area contributed by atoms with Gasteiger partial charge in [0.15, 0.2) is 5.82 Å². The Morgan fingerprint density at radius 3 is 2.87 bits per heavy atom. The largest absolute Gasteiger partial charge is 0.508 e. The standard InChI is InChI=1S/C34H32F3N5O4/c1-3-22-24(36)7-6-19-12-21(43)13-23(26(19)22)29-28(37)30-27-31(42-10-5-11-44-18(2)25(42)16-45-32(27)38-29)40-33(39-30)46-17-34-8-4-9-41(34)15-20(35)14-34/h1,6-7,12-13,18,20,25,43H,4-5,8-11,14-17H2,2H3/t18-,20-,25-,34+/m1/s1. The molecule has 3 saturated heterocycles. The summed E-state index contributed by atoms with van der Waals surface area (Å²) in [4.78, 5) is 18.2. The topological polar surface area (TPSA) is 93.1 Å². The van der Waals surface area contributed by atoms with Crippen molar-refractivity contribution >= 4 is 27.5 Å². The molecule has 0 aliphatic carbocycles. The SMILES string of the molecule is C#Cc1c(F)ccc2cc(O)cc(-c3nc4c5c(nc(OC[C@@]67CCCN6C[C@H](F)C7)nc5c3F)N3CCCO[C@H](C)[C@H]3CO4)c12. The van der Waals surface area contributed by atoms with E-state index in [1.807, 2.05) is 11.8 Å². The van der Waals surface area contributed by atoms with E-state index < -0.39 is 23.3 Å². The average molecular weight is 632 g/mol. The molecule has 6 heterocycles. The van der Waals surface area contributed by atoms with Crippen molar-refractivity contribution < 1.29 is 32.5 Å². The molecule has 238 valence electrons. The molecule has 2 aromatic carbocycles. The van der Waals surface area contributed by atoms with Crippen LogP contribution in [-0.4, -0.2) is 88.3 Å². The maximum absolute atomic E-state index is 17.0. The Balaban J connectivity index is 1.34. The first-order chi connectivity index (χ1) is 22.3. The van der Waals surface area contributed by atoms with Crippen LogP contribution < -0.4 is 14.4 Å². The van der Waals surface area contributed by atoms with Crippen LogP contribution in [0.4, 0.5) is 19.0 Å². The van der Waals surface area contributed by atoms with Crippen LogP contribution in [0.5, 0.6) is 17.6 Å². The van der Waals surface area contributed by atoms with Crippen LogP contribution in [-0.2, 0) is 4.74 Å². The lowest BCUT2D eigenvalue weighted by molar-refractivity contribution is 0.0483. The Bertz CT molecular complexity index is 1940. The zero-order valence-corrected chi connectivity index (χ0v) is 25.2. The van der Waals surface area contributed by atoms with E-state index in [-0.39, 0.29) is 76.1 Å². The van der Waals surface area contributed by atoms with Crippen LogP contribution in [0.2, 0.25) is 0 Å². The minimum atomic E-state index is -0.939. The molecule has 4 aliphatic heterocycles. The maximum Gasteiger partial charge on any atom is 0.319 e. The predicted octanol–water partition coefficient (Wildman–Crippen LogP) is 5.14. The Labute approximate surface area is 263 Å². The zero-order valence-electron chi connectivity index (χ0n) is 25.2. The van der Waals surface area contributed by atoms with Gasteiger partial charge in [-0.25, -0.2) is 18.2 Å². The second-order valence-electron chi connectivity index (χ2n) is 12.7. The number of phenols is 1. The molecular formula is C34H32F3N5O4. The summed E-state index contributed by atoms with van der Waals surface area (Å²) < 4.78 is 64.9. The summed E-state index contributed by atoms with van der Waals surface area (Å²) in [5, 5.41) is 11.5. The van der Waals surface area contributed by atoms with Gasteiger partial charge >= 0.3 is 6.01 Å². The zero-order chi connectivity index (χ0) is 31.7. The van der Waals surface area contributed by atoms with E-state index in [9.17, 15) is 13.9 Å². The minimum absolute atomic E-state index is 0.0531. The third kappa shape index (κ3) is 4.51. The molecule has 0 unspecified atom stereocenters. The van der Waals surface area contributed by atoms with Crippen LogP contribution in [0.1, 0.15) is 38.2 Å². The van der Waals surface area contributed by atoms with Gasteiger partial charge in [0.1, 0.15) is 53.4 Å². The van der Waals surface area contributed by atoms with Gasteiger partial charge < -0.3 is 24.2 Å². The highest BCUT2D eigenvalue weighted by Gasteiger charge is 2.49. The van der Waals surface area contributed by atoms with Crippen LogP contribution in [0.3, 0.4) is 0 Å². The van der Waals surface area contributed by atoms with Gasteiger partial charge in [-0.2, -0.15) is 9.97 Å². The Morgan fingerprint density at radius 1 is 1.15 bits per heavy atom. The second kappa shape index (κ2) is 10.9. The molecule has 2 aromatic heterocycles.